The SMILES string of the molecule is CCO.Clc1ccc(Nc2cc(-c3cccnc3)nc(C3CCC[N-]C3)n2)cc1.[W]. The van der Waals surface area contributed by atoms with E-state index in [9.17, 15) is 0 Å². The molecule has 158 valence electrons. The summed E-state index contributed by atoms with van der Waals surface area (Å²) in [6.07, 6.45) is 5.74. The van der Waals surface area contributed by atoms with Crippen LogP contribution in [0.4, 0.5) is 11.5 Å². The first kappa shape index (κ1) is 24.4. The summed E-state index contributed by atoms with van der Waals surface area (Å²) in [4.78, 5) is 13.8. The van der Waals surface area contributed by atoms with Gasteiger partial charge in [-0.15, -0.1) is 13.1 Å². The Labute approximate surface area is 196 Å². The molecule has 4 rings (SSSR count). The quantitative estimate of drug-likeness (QED) is 0.435. The molecule has 0 saturated carbocycles. The van der Waals surface area contributed by atoms with E-state index in [0.29, 0.717) is 5.02 Å². The number of aliphatic hydroxyl groups is 1. The van der Waals surface area contributed by atoms with Gasteiger partial charge in [0.05, 0.1) is 5.69 Å². The molecule has 0 spiro atoms. The van der Waals surface area contributed by atoms with E-state index in [1.165, 1.54) is 0 Å². The molecule has 3 heterocycles. The number of anilines is 2. The zero-order valence-corrected chi connectivity index (χ0v) is 20.5. The predicted molar refractivity (Wildman–Crippen MR) is 118 cm³/mol. The molecule has 1 aromatic carbocycles. The monoisotopic (exact) mass is 594 g/mol. The number of hydrogen-bond acceptors (Lipinski definition) is 5. The molecule has 1 atom stereocenters. The summed E-state index contributed by atoms with van der Waals surface area (Å²) < 4.78 is 0. The van der Waals surface area contributed by atoms with Crippen molar-refractivity contribution in [2.75, 3.05) is 25.0 Å². The van der Waals surface area contributed by atoms with Crippen molar-refractivity contribution in [3.63, 3.8) is 0 Å². The summed E-state index contributed by atoms with van der Waals surface area (Å²) in [7, 11) is 0. The molecule has 6 nitrogen and oxygen atoms in total. The summed E-state index contributed by atoms with van der Waals surface area (Å²) >= 11 is 5.98. The Morgan fingerprint density at radius 3 is 2.60 bits per heavy atom. The molecule has 1 aliphatic rings. The second-order valence-corrected chi connectivity index (χ2v) is 7.09. The molecule has 2 aromatic heterocycles. The van der Waals surface area contributed by atoms with E-state index >= 15 is 0 Å². The number of rotatable bonds is 4. The Balaban J connectivity index is 0.000000757. The Hall–Kier alpha value is -1.85. The second-order valence-electron chi connectivity index (χ2n) is 6.66. The van der Waals surface area contributed by atoms with Crippen molar-refractivity contribution in [3.05, 3.63) is 71.0 Å². The maximum absolute atomic E-state index is 7.57. The van der Waals surface area contributed by atoms with Crippen molar-refractivity contribution < 1.29 is 26.2 Å². The van der Waals surface area contributed by atoms with Gasteiger partial charge in [-0.05, 0) is 49.7 Å². The third-order valence-electron chi connectivity index (χ3n) is 4.40. The fourth-order valence-electron chi connectivity index (χ4n) is 3.05. The van der Waals surface area contributed by atoms with Gasteiger partial charge in [0.25, 0.3) is 0 Å². The molecule has 1 fully saturated rings. The van der Waals surface area contributed by atoms with E-state index in [-0.39, 0.29) is 33.6 Å². The van der Waals surface area contributed by atoms with E-state index in [2.05, 4.69) is 15.6 Å². The number of halogens is 1. The number of nitrogens with zero attached hydrogens (tertiary/aromatic N) is 4. The Morgan fingerprint density at radius 2 is 1.97 bits per heavy atom. The smallest absolute Gasteiger partial charge is 0.134 e. The van der Waals surface area contributed by atoms with Crippen molar-refractivity contribution in [3.8, 4) is 11.3 Å². The maximum Gasteiger partial charge on any atom is 0.134 e. The van der Waals surface area contributed by atoms with Gasteiger partial charge in [-0.2, -0.15) is 0 Å². The topological polar surface area (TPSA) is 85.0 Å². The summed E-state index contributed by atoms with van der Waals surface area (Å²) in [5.74, 6) is 1.87. The summed E-state index contributed by atoms with van der Waals surface area (Å²) in [5, 5.41) is 16.2. The van der Waals surface area contributed by atoms with Gasteiger partial charge >= 0.3 is 0 Å². The van der Waals surface area contributed by atoms with Crippen LogP contribution in [0.25, 0.3) is 16.6 Å². The molecule has 0 bridgehead atoms. The first-order valence-corrected chi connectivity index (χ1v) is 10.1. The first-order valence-electron chi connectivity index (χ1n) is 9.75. The van der Waals surface area contributed by atoms with E-state index in [1.54, 1.807) is 13.1 Å². The van der Waals surface area contributed by atoms with Crippen molar-refractivity contribution in [1.29, 1.82) is 0 Å². The van der Waals surface area contributed by atoms with Crippen LogP contribution in [-0.4, -0.2) is 39.8 Å². The molecular formula is C22H25ClN5OW-. The molecule has 8 heteroatoms. The van der Waals surface area contributed by atoms with Gasteiger partial charge < -0.3 is 15.7 Å². The Kier molecular flexibility index (Phi) is 10.4. The fourth-order valence-corrected chi connectivity index (χ4v) is 3.18. The summed E-state index contributed by atoms with van der Waals surface area (Å²) in [6, 6.07) is 13.5. The molecule has 30 heavy (non-hydrogen) atoms. The zero-order chi connectivity index (χ0) is 20.5. The fraction of sp³-hybridized carbons (Fsp3) is 0.318. The number of piperidine rings is 1. The minimum absolute atomic E-state index is 0. The molecular weight excluding hydrogens is 570 g/mol. The van der Waals surface area contributed by atoms with Crippen LogP contribution in [0, 0.1) is 0 Å². The predicted octanol–water partition coefficient (Wildman–Crippen LogP) is 5.18. The van der Waals surface area contributed by atoms with Gasteiger partial charge in [0.1, 0.15) is 11.6 Å². The zero-order valence-electron chi connectivity index (χ0n) is 16.8. The van der Waals surface area contributed by atoms with Gasteiger partial charge in [-0.3, -0.25) is 4.98 Å². The van der Waals surface area contributed by atoms with E-state index in [4.69, 9.17) is 26.7 Å². The molecule has 0 radical (unpaired) electrons. The molecule has 1 saturated heterocycles. The number of hydrogen-bond donors (Lipinski definition) is 2. The van der Waals surface area contributed by atoms with Crippen molar-refractivity contribution in [1.82, 2.24) is 15.0 Å². The molecule has 1 aliphatic heterocycles. The minimum Gasteiger partial charge on any atom is -0.662 e. The van der Waals surface area contributed by atoms with Crippen molar-refractivity contribution >= 4 is 23.1 Å². The molecule has 0 aliphatic carbocycles. The van der Waals surface area contributed by atoms with Crippen LogP contribution < -0.4 is 5.32 Å². The van der Waals surface area contributed by atoms with Gasteiger partial charge in [0, 0.05) is 68.3 Å². The normalized spacial score (nSPS) is 15.4. The van der Waals surface area contributed by atoms with Crippen LogP contribution in [0.3, 0.4) is 0 Å². The van der Waals surface area contributed by atoms with Gasteiger partial charge in [-0.25, -0.2) is 9.97 Å². The van der Waals surface area contributed by atoms with E-state index < -0.39 is 0 Å². The molecule has 3 aromatic rings. The average Bonchev–Trinajstić information content (AvgIpc) is 2.77. The number of nitrogens with one attached hydrogen (secondary N) is 1. The van der Waals surface area contributed by atoms with Crippen molar-refractivity contribution in [2.24, 2.45) is 0 Å². The van der Waals surface area contributed by atoms with Gasteiger partial charge in [0.2, 0.25) is 0 Å². The summed E-state index contributed by atoms with van der Waals surface area (Å²) in [5.41, 5.74) is 2.78. The number of aromatic nitrogens is 3. The first-order chi connectivity index (χ1) is 14.2. The largest absolute Gasteiger partial charge is 0.662 e. The Morgan fingerprint density at radius 1 is 1.20 bits per heavy atom. The van der Waals surface area contributed by atoms with Crippen LogP contribution >= 0.6 is 11.6 Å². The van der Waals surface area contributed by atoms with Crippen molar-refractivity contribution in [2.45, 2.75) is 25.7 Å². The third-order valence-corrected chi connectivity index (χ3v) is 4.65. The van der Waals surface area contributed by atoms with Crippen LogP contribution in [0.1, 0.15) is 31.5 Å². The summed E-state index contributed by atoms with van der Waals surface area (Å²) in [6.45, 7) is 3.66. The van der Waals surface area contributed by atoms with Crippen LogP contribution in [0.2, 0.25) is 5.02 Å². The molecule has 1 unspecified atom stereocenters. The van der Waals surface area contributed by atoms with E-state index in [0.717, 1.165) is 54.5 Å². The van der Waals surface area contributed by atoms with Crippen LogP contribution in [0.5, 0.6) is 0 Å². The van der Waals surface area contributed by atoms with Crippen LogP contribution in [-0.2, 0) is 21.1 Å². The number of pyridine rings is 1. The van der Waals surface area contributed by atoms with Crippen LogP contribution in [0.15, 0.2) is 54.9 Å². The Bertz CT molecular complexity index is 890. The third kappa shape index (κ3) is 7.13. The van der Waals surface area contributed by atoms with Gasteiger partial charge in [0.15, 0.2) is 0 Å². The molecule has 0 amide bonds. The standard InChI is InChI=1S/C20H19ClN5.C2H6O.W/c21-16-5-7-17(8-6-16)24-19-11-18(14-3-1-9-22-12-14)25-20(26-19)15-4-2-10-23-13-15;1-2-3;/h1,3,5-9,11-12,15H,2,4,10,13H2,(H,24,25,26);3H,2H2,1H3;/q-1;;. The maximum atomic E-state index is 7.57. The van der Waals surface area contributed by atoms with Gasteiger partial charge in [-0.1, -0.05) is 18.0 Å². The average molecular weight is 595 g/mol. The number of benzene rings is 1. The van der Waals surface area contributed by atoms with E-state index in [1.807, 2.05) is 48.7 Å². The number of aliphatic hydroxyl groups excluding tert-OH is 1. The second kappa shape index (κ2) is 12.8. The minimum atomic E-state index is 0. The molecule has 2 N–H and O–H groups in total.